The monoisotopic (exact) mass is 338 g/mol. The van der Waals surface area contributed by atoms with Gasteiger partial charge in [0.2, 0.25) is 8.38 Å². The minimum absolute atomic E-state index is 0.0903. The summed E-state index contributed by atoms with van der Waals surface area (Å²) in [7, 11) is 0.464. The van der Waals surface area contributed by atoms with Crippen LogP contribution in [0.5, 0.6) is 0 Å². The number of aryl methyl sites for hydroxylation is 1. The van der Waals surface area contributed by atoms with Crippen LogP contribution in [-0.4, -0.2) is 24.4 Å². The molecule has 2 rings (SSSR count). The second kappa shape index (κ2) is 7.00. The van der Waals surface area contributed by atoms with E-state index in [-0.39, 0.29) is 17.3 Å². The van der Waals surface area contributed by atoms with E-state index in [1.54, 1.807) is 0 Å². The number of rotatable bonds is 5. The van der Waals surface area contributed by atoms with Crippen LogP contribution in [0.25, 0.3) is 6.08 Å². The van der Waals surface area contributed by atoms with Crippen LogP contribution >= 0.6 is 8.38 Å². The molecule has 23 heavy (non-hydrogen) atoms. The van der Waals surface area contributed by atoms with Gasteiger partial charge in [-0.3, -0.25) is 0 Å². The Bertz CT molecular complexity index is 564. The Morgan fingerprint density at radius 2 is 1.74 bits per heavy atom. The molecule has 0 spiro atoms. The standard InChI is InChI=1S/C18H27O4P/c1-13-12-15(9-8-14(2)20-19-7)10-11-16(13)23-21-17(3,4)18(5,6)22-23/h8-12,14H,1-7H3/b9-8+. The summed E-state index contributed by atoms with van der Waals surface area (Å²) < 4.78 is 12.4. The van der Waals surface area contributed by atoms with Crippen LogP contribution in [0.3, 0.4) is 0 Å². The van der Waals surface area contributed by atoms with E-state index in [4.69, 9.17) is 13.9 Å². The first-order chi connectivity index (χ1) is 10.7. The van der Waals surface area contributed by atoms with E-state index in [0.29, 0.717) is 0 Å². The molecule has 0 N–H and O–H groups in total. The van der Waals surface area contributed by atoms with Crippen molar-refractivity contribution in [2.75, 3.05) is 7.11 Å². The molecule has 0 saturated carbocycles. The molecule has 1 atom stereocenters. The van der Waals surface area contributed by atoms with E-state index in [1.165, 1.54) is 12.7 Å². The number of benzene rings is 1. The molecule has 0 amide bonds. The lowest BCUT2D eigenvalue weighted by molar-refractivity contribution is -0.289. The molecule has 1 aliphatic rings. The van der Waals surface area contributed by atoms with Crippen LogP contribution in [0, 0.1) is 6.92 Å². The molecular formula is C18H27O4P. The van der Waals surface area contributed by atoms with Gasteiger partial charge in [0.15, 0.2) is 0 Å². The second-order valence-electron chi connectivity index (χ2n) is 6.83. The Hall–Kier alpha value is -0.770. The minimum atomic E-state index is -1.05. The average Bonchev–Trinajstić information content (AvgIpc) is 2.65. The van der Waals surface area contributed by atoms with Crippen LogP contribution in [0.1, 0.15) is 45.7 Å². The number of hydrogen-bond donors (Lipinski definition) is 0. The maximum atomic E-state index is 6.19. The second-order valence-corrected chi connectivity index (χ2v) is 8.19. The fourth-order valence-electron chi connectivity index (χ4n) is 2.17. The quantitative estimate of drug-likeness (QED) is 0.449. The van der Waals surface area contributed by atoms with E-state index in [1.807, 2.05) is 19.1 Å². The maximum absolute atomic E-state index is 6.19. The smallest absolute Gasteiger partial charge is 0.206 e. The first-order valence-electron chi connectivity index (χ1n) is 7.83. The van der Waals surface area contributed by atoms with Crippen LogP contribution in [0.15, 0.2) is 24.3 Å². The van der Waals surface area contributed by atoms with Crippen molar-refractivity contribution in [3.63, 3.8) is 0 Å². The number of hydrogen-bond acceptors (Lipinski definition) is 4. The molecule has 1 fully saturated rings. The first kappa shape index (κ1) is 18.6. The molecule has 128 valence electrons. The summed E-state index contributed by atoms with van der Waals surface area (Å²) in [4.78, 5) is 9.68. The normalized spacial score (nSPS) is 21.9. The molecular weight excluding hydrogens is 311 g/mol. The Morgan fingerprint density at radius 3 is 2.26 bits per heavy atom. The molecule has 4 nitrogen and oxygen atoms in total. The SMILES string of the molecule is COOC(C)/C=C/c1ccc(P2OC(C)(C)C(C)(C)O2)c(C)c1. The lowest BCUT2D eigenvalue weighted by atomic mass is 9.90. The van der Waals surface area contributed by atoms with Gasteiger partial charge < -0.3 is 9.05 Å². The van der Waals surface area contributed by atoms with Gasteiger partial charge in [-0.2, -0.15) is 0 Å². The average molecular weight is 338 g/mol. The fourth-order valence-corrected chi connectivity index (χ4v) is 4.22. The van der Waals surface area contributed by atoms with Crippen LogP contribution < -0.4 is 5.30 Å². The largest absolute Gasteiger partial charge is 0.321 e. The van der Waals surface area contributed by atoms with Gasteiger partial charge in [0.05, 0.1) is 18.3 Å². The van der Waals surface area contributed by atoms with E-state index < -0.39 is 8.38 Å². The Kier molecular flexibility index (Phi) is 5.65. The molecule has 1 heterocycles. The van der Waals surface area contributed by atoms with Gasteiger partial charge in [-0.15, -0.1) is 0 Å². The van der Waals surface area contributed by atoms with Crippen molar-refractivity contribution < 1.29 is 18.8 Å². The molecule has 0 bridgehead atoms. The summed E-state index contributed by atoms with van der Waals surface area (Å²) in [6.45, 7) is 12.3. The van der Waals surface area contributed by atoms with Crippen molar-refractivity contribution in [2.24, 2.45) is 0 Å². The predicted molar refractivity (Wildman–Crippen MR) is 94.7 cm³/mol. The zero-order valence-corrected chi connectivity index (χ0v) is 15.9. The van der Waals surface area contributed by atoms with Crippen molar-refractivity contribution >= 4 is 19.8 Å². The molecule has 1 aromatic rings. The van der Waals surface area contributed by atoms with Gasteiger partial charge in [0, 0.05) is 5.30 Å². The van der Waals surface area contributed by atoms with E-state index in [0.717, 1.165) is 10.9 Å². The van der Waals surface area contributed by atoms with Crippen molar-refractivity contribution in [2.45, 2.75) is 58.8 Å². The molecule has 1 aliphatic heterocycles. The highest BCUT2D eigenvalue weighted by molar-refractivity contribution is 7.56. The van der Waals surface area contributed by atoms with Crippen molar-refractivity contribution in [3.05, 3.63) is 35.4 Å². The topological polar surface area (TPSA) is 36.9 Å². The maximum Gasteiger partial charge on any atom is 0.206 e. The Balaban J connectivity index is 2.15. The third-order valence-corrected chi connectivity index (χ3v) is 6.44. The Labute approximate surface area is 140 Å². The molecule has 5 heteroatoms. The first-order valence-corrected chi connectivity index (χ1v) is 9.01. The third-order valence-electron chi connectivity index (χ3n) is 4.30. The van der Waals surface area contributed by atoms with E-state index >= 15 is 0 Å². The van der Waals surface area contributed by atoms with Crippen LogP contribution in [0.4, 0.5) is 0 Å². The summed E-state index contributed by atoms with van der Waals surface area (Å²) in [5.41, 5.74) is 1.70. The molecule has 0 aliphatic carbocycles. The van der Waals surface area contributed by atoms with Gasteiger partial charge in [0.25, 0.3) is 0 Å². The fraction of sp³-hybridized carbons (Fsp3) is 0.556. The lowest BCUT2D eigenvalue weighted by Gasteiger charge is -2.29. The zero-order valence-electron chi connectivity index (χ0n) is 15.0. The van der Waals surface area contributed by atoms with Crippen LogP contribution in [-0.2, 0) is 18.8 Å². The van der Waals surface area contributed by atoms with E-state index in [2.05, 4.69) is 57.7 Å². The molecule has 0 radical (unpaired) electrons. The molecule has 0 aromatic heterocycles. The summed E-state index contributed by atoms with van der Waals surface area (Å²) in [6, 6.07) is 6.31. The predicted octanol–water partition coefficient (Wildman–Crippen LogP) is 4.52. The highest BCUT2D eigenvalue weighted by Gasteiger charge is 2.50. The third kappa shape index (κ3) is 4.20. The van der Waals surface area contributed by atoms with Crippen LogP contribution in [0.2, 0.25) is 0 Å². The molecule has 1 unspecified atom stereocenters. The van der Waals surface area contributed by atoms with Gasteiger partial charge in [-0.05, 0) is 58.7 Å². The minimum Gasteiger partial charge on any atom is -0.321 e. The summed E-state index contributed by atoms with van der Waals surface area (Å²) in [5, 5.41) is 1.14. The summed E-state index contributed by atoms with van der Waals surface area (Å²) in [5.74, 6) is 0. The molecule has 1 saturated heterocycles. The van der Waals surface area contributed by atoms with Gasteiger partial charge in [-0.1, -0.05) is 24.3 Å². The lowest BCUT2D eigenvalue weighted by Crippen LogP contribution is -2.41. The van der Waals surface area contributed by atoms with Gasteiger partial charge >= 0.3 is 0 Å². The highest BCUT2D eigenvalue weighted by atomic mass is 31.2. The molecule has 1 aromatic carbocycles. The summed E-state index contributed by atoms with van der Waals surface area (Å²) in [6.07, 6.45) is 3.89. The van der Waals surface area contributed by atoms with E-state index in [9.17, 15) is 0 Å². The van der Waals surface area contributed by atoms with Gasteiger partial charge in [-0.25, -0.2) is 9.78 Å². The summed E-state index contributed by atoms with van der Waals surface area (Å²) >= 11 is 0. The van der Waals surface area contributed by atoms with Crippen molar-refractivity contribution in [1.82, 2.24) is 0 Å². The van der Waals surface area contributed by atoms with Crippen molar-refractivity contribution in [1.29, 1.82) is 0 Å². The zero-order chi connectivity index (χ0) is 17.3. The van der Waals surface area contributed by atoms with Gasteiger partial charge in [0.1, 0.15) is 6.10 Å². The Morgan fingerprint density at radius 1 is 1.13 bits per heavy atom. The van der Waals surface area contributed by atoms with Crippen molar-refractivity contribution in [3.8, 4) is 0 Å². The highest BCUT2D eigenvalue weighted by Crippen LogP contribution is 2.57.